The molecule has 0 radical (unpaired) electrons. The highest BCUT2D eigenvalue weighted by atomic mass is 28.4. The predicted octanol–water partition coefficient (Wildman–Crippen LogP) is 6.24. The molecule has 0 N–H and O–H groups in total. The van der Waals surface area contributed by atoms with Crippen LogP contribution in [-0.4, -0.2) is 23.0 Å². The van der Waals surface area contributed by atoms with E-state index in [4.69, 9.17) is 4.43 Å². The Morgan fingerprint density at radius 2 is 1.60 bits per heavy atom. The van der Waals surface area contributed by atoms with Gasteiger partial charge in [-0.15, -0.1) is 0 Å². The lowest BCUT2D eigenvalue weighted by atomic mass is 10.1. The van der Waals surface area contributed by atoms with Crippen molar-refractivity contribution in [3.63, 3.8) is 0 Å². The van der Waals surface area contributed by atoms with Crippen LogP contribution in [0.5, 0.6) is 0 Å². The Bertz CT molecular complexity index is 354. The molecule has 0 aromatic carbocycles. The highest BCUT2D eigenvalue weighted by Crippen LogP contribution is 2.37. The molecule has 0 aromatic rings. The largest absolute Gasteiger partial charge is 0.413 e. The summed E-state index contributed by atoms with van der Waals surface area (Å²) < 4.78 is 6.37. The van der Waals surface area contributed by atoms with Gasteiger partial charge in [-0.1, -0.05) is 65.6 Å². The van der Waals surface area contributed by atoms with Gasteiger partial charge >= 0.3 is 0 Å². The molecule has 118 valence electrons. The van der Waals surface area contributed by atoms with Gasteiger partial charge in [-0.2, -0.15) is 0 Å². The highest BCUT2D eigenvalue weighted by Gasteiger charge is 2.37. The van der Waals surface area contributed by atoms with Crippen molar-refractivity contribution in [2.24, 2.45) is 0 Å². The van der Waals surface area contributed by atoms with Gasteiger partial charge in [0.2, 0.25) is 0 Å². The van der Waals surface area contributed by atoms with Crippen molar-refractivity contribution in [3.8, 4) is 0 Å². The number of allylic oxidation sites excluding steroid dienone is 1. The molecular formula is C17H36OSi2. The summed E-state index contributed by atoms with van der Waals surface area (Å²) in [7, 11) is -2.72. The molecule has 0 aromatic heterocycles. The third-order valence-corrected chi connectivity index (χ3v) is 10.1. The van der Waals surface area contributed by atoms with Crippen LogP contribution in [0.3, 0.4) is 0 Å². The summed E-state index contributed by atoms with van der Waals surface area (Å²) in [6.45, 7) is 25.9. The molecule has 0 rings (SSSR count). The van der Waals surface area contributed by atoms with Crippen molar-refractivity contribution in [3.05, 3.63) is 23.8 Å². The number of hydrogen-bond donors (Lipinski definition) is 0. The standard InChI is InChI=1S/C17H36OSi2/c1-11-15(2)16(12-13-19(6,7)8)14-18-20(9,10)17(3,4)5/h12H,2,11,13-14H2,1,3-10H3/b16-12+. The van der Waals surface area contributed by atoms with Crippen molar-refractivity contribution >= 4 is 16.4 Å². The maximum absolute atomic E-state index is 6.37. The Kier molecular flexibility index (Phi) is 7.19. The fourth-order valence-electron chi connectivity index (χ4n) is 1.44. The van der Waals surface area contributed by atoms with E-state index in [1.165, 1.54) is 17.2 Å². The monoisotopic (exact) mass is 312 g/mol. The predicted molar refractivity (Wildman–Crippen MR) is 98.8 cm³/mol. The summed E-state index contributed by atoms with van der Waals surface area (Å²) in [5.74, 6) is 0. The molecule has 0 saturated carbocycles. The van der Waals surface area contributed by atoms with E-state index < -0.39 is 16.4 Å². The van der Waals surface area contributed by atoms with Crippen LogP contribution >= 0.6 is 0 Å². The van der Waals surface area contributed by atoms with Crippen LogP contribution in [0.25, 0.3) is 0 Å². The lowest BCUT2D eigenvalue weighted by Crippen LogP contribution is -2.41. The average Bonchev–Trinajstić information content (AvgIpc) is 2.25. The zero-order valence-electron chi connectivity index (χ0n) is 15.3. The van der Waals surface area contributed by atoms with Crippen LogP contribution in [0, 0.1) is 0 Å². The van der Waals surface area contributed by atoms with E-state index in [1.54, 1.807) is 0 Å². The molecule has 0 aliphatic heterocycles. The molecule has 0 unspecified atom stereocenters. The van der Waals surface area contributed by atoms with Gasteiger partial charge in [0, 0.05) is 8.07 Å². The zero-order chi connectivity index (χ0) is 16.2. The molecule has 0 aliphatic carbocycles. The fourth-order valence-corrected chi connectivity index (χ4v) is 3.24. The lowest BCUT2D eigenvalue weighted by Gasteiger charge is -2.36. The third-order valence-electron chi connectivity index (χ3n) is 4.24. The molecule has 3 heteroatoms. The van der Waals surface area contributed by atoms with E-state index in [0.29, 0.717) is 0 Å². The van der Waals surface area contributed by atoms with Crippen LogP contribution in [-0.2, 0) is 4.43 Å². The lowest BCUT2D eigenvalue weighted by molar-refractivity contribution is 0.320. The topological polar surface area (TPSA) is 9.23 Å². The van der Waals surface area contributed by atoms with Crippen molar-refractivity contribution in [1.82, 2.24) is 0 Å². The smallest absolute Gasteiger partial charge is 0.192 e. The maximum Gasteiger partial charge on any atom is 0.192 e. The number of rotatable bonds is 7. The maximum atomic E-state index is 6.37. The first-order valence-corrected chi connectivity index (χ1v) is 14.4. The number of hydrogen-bond acceptors (Lipinski definition) is 1. The molecule has 0 aliphatic rings. The highest BCUT2D eigenvalue weighted by molar-refractivity contribution is 6.76. The Morgan fingerprint density at radius 1 is 1.10 bits per heavy atom. The van der Waals surface area contributed by atoms with Crippen LogP contribution in [0.15, 0.2) is 23.8 Å². The Hall–Kier alpha value is -0.126. The minimum Gasteiger partial charge on any atom is -0.413 e. The van der Waals surface area contributed by atoms with Crippen LogP contribution in [0.4, 0.5) is 0 Å². The van der Waals surface area contributed by atoms with Crippen molar-refractivity contribution < 1.29 is 4.43 Å². The van der Waals surface area contributed by atoms with Crippen LogP contribution < -0.4 is 0 Å². The Morgan fingerprint density at radius 3 is 1.95 bits per heavy atom. The van der Waals surface area contributed by atoms with Gasteiger partial charge in [-0.25, -0.2) is 0 Å². The second-order valence-electron chi connectivity index (χ2n) is 8.50. The molecule has 20 heavy (non-hydrogen) atoms. The van der Waals surface area contributed by atoms with Crippen LogP contribution in [0.2, 0.25) is 43.8 Å². The fraction of sp³-hybridized carbons (Fsp3) is 0.765. The summed E-state index contributed by atoms with van der Waals surface area (Å²) >= 11 is 0. The first kappa shape index (κ1) is 19.9. The van der Waals surface area contributed by atoms with E-state index in [1.807, 2.05) is 0 Å². The third kappa shape index (κ3) is 7.05. The van der Waals surface area contributed by atoms with Gasteiger partial charge in [-0.05, 0) is 36.2 Å². The second kappa shape index (κ2) is 7.23. The van der Waals surface area contributed by atoms with E-state index in [9.17, 15) is 0 Å². The van der Waals surface area contributed by atoms with Crippen LogP contribution in [0.1, 0.15) is 34.1 Å². The zero-order valence-corrected chi connectivity index (χ0v) is 17.3. The van der Waals surface area contributed by atoms with Gasteiger partial charge in [-0.3, -0.25) is 0 Å². The van der Waals surface area contributed by atoms with E-state index in [0.717, 1.165) is 13.0 Å². The minimum atomic E-state index is -1.67. The SMILES string of the molecule is C=C(CC)/C(=C/C[Si](C)(C)C)CO[Si](C)(C)C(C)(C)C. The molecule has 1 nitrogen and oxygen atoms in total. The summed E-state index contributed by atoms with van der Waals surface area (Å²) in [6.07, 6.45) is 3.41. The van der Waals surface area contributed by atoms with Gasteiger partial charge in [0.15, 0.2) is 8.32 Å². The minimum absolute atomic E-state index is 0.268. The quantitative estimate of drug-likeness (QED) is 0.399. The Labute approximate surface area is 129 Å². The molecule has 0 heterocycles. The van der Waals surface area contributed by atoms with E-state index in [2.05, 4.69) is 73.1 Å². The normalized spacial score (nSPS) is 14.6. The summed E-state index contributed by atoms with van der Waals surface area (Å²) in [5, 5.41) is 0.268. The van der Waals surface area contributed by atoms with Gasteiger partial charge in [0.05, 0.1) is 6.61 Å². The summed E-state index contributed by atoms with van der Waals surface area (Å²) in [6, 6.07) is 1.21. The molecule has 0 amide bonds. The van der Waals surface area contributed by atoms with Gasteiger partial charge < -0.3 is 4.43 Å². The molecule has 0 atom stereocenters. The molecular weight excluding hydrogens is 276 g/mol. The molecule has 0 saturated heterocycles. The molecule has 0 fully saturated rings. The van der Waals surface area contributed by atoms with E-state index >= 15 is 0 Å². The summed E-state index contributed by atoms with van der Waals surface area (Å²) in [5.41, 5.74) is 2.57. The van der Waals surface area contributed by atoms with Crippen molar-refractivity contribution in [2.75, 3.05) is 6.61 Å². The molecule has 0 bridgehead atoms. The van der Waals surface area contributed by atoms with E-state index in [-0.39, 0.29) is 5.04 Å². The first-order valence-electron chi connectivity index (χ1n) is 7.81. The first-order chi connectivity index (χ1) is 8.80. The van der Waals surface area contributed by atoms with Crippen molar-refractivity contribution in [1.29, 1.82) is 0 Å². The van der Waals surface area contributed by atoms with Gasteiger partial charge in [0.1, 0.15) is 0 Å². The Balaban J connectivity index is 4.90. The second-order valence-corrected chi connectivity index (χ2v) is 18.8. The molecule has 0 spiro atoms. The average molecular weight is 313 g/mol. The summed E-state index contributed by atoms with van der Waals surface area (Å²) in [4.78, 5) is 0. The van der Waals surface area contributed by atoms with Crippen molar-refractivity contribution in [2.45, 2.75) is 77.9 Å². The van der Waals surface area contributed by atoms with Gasteiger partial charge in [0.25, 0.3) is 0 Å².